The van der Waals surface area contributed by atoms with E-state index in [9.17, 15) is 18.0 Å². The molecule has 1 amide bonds. The first-order valence-electron chi connectivity index (χ1n) is 5.90. The molecule has 1 unspecified atom stereocenters. The zero-order chi connectivity index (χ0) is 15.2. The molecule has 1 rings (SSSR count). The summed E-state index contributed by atoms with van der Waals surface area (Å²) < 4.78 is 36.5. The molecule has 10 heteroatoms. The van der Waals surface area contributed by atoms with Gasteiger partial charge in [-0.25, -0.2) is 0 Å². The molecule has 0 fully saturated rings. The third-order valence-electron chi connectivity index (χ3n) is 2.04. The van der Waals surface area contributed by atoms with Crippen molar-refractivity contribution in [3.05, 3.63) is 0 Å². The van der Waals surface area contributed by atoms with Crippen molar-refractivity contribution in [1.82, 2.24) is 15.5 Å². The minimum absolute atomic E-state index is 0.0889. The molecular formula is C10H15F3N4OS2. The van der Waals surface area contributed by atoms with E-state index in [-0.39, 0.29) is 16.3 Å². The molecule has 0 aliphatic heterocycles. The highest BCUT2D eigenvalue weighted by Crippen LogP contribution is 2.29. The van der Waals surface area contributed by atoms with Gasteiger partial charge < -0.3 is 10.6 Å². The van der Waals surface area contributed by atoms with Gasteiger partial charge in [-0.15, -0.1) is 10.2 Å². The first-order valence-corrected chi connectivity index (χ1v) is 7.60. The van der Waals surface area contributed by atoms with E-state index in [0.29, 0.717) is 10.9 Å². The zero-order valence-electron chi connectivity index (χ0n) is 11.0. The molecular weight excluding hydrogens is 313 g/mol. The number of nitrogens with one attached hydrogen (secondary N) is 2. The predicted octanol–water partition coefficient (Wildman–Crippen LogP) is 2.52. The lowest BCUT2D eigenvalue weighted by Crippen LogP contribution is -2.31. The largest absolute Gasteiger partial charge is 0.405 e. The Kier molecular flexibility index (Phi) is 6.53. The normalized spacial score (nSPS) is 13.1. The second-order valence-electron chi connectivity index (χ2n) is 3.89. The van der Waals surface area contributed by atoms with Gasteiger partial charge in [-0.05, 0) is 13.3 Å². The van der Waals surface area contributed by atoms with E-state index in [4.69, 9.17) is 0 Å². The number of amides is 1. The molecule has 0 saturated heterocycles. The van der Waals surface area contributed by atoms with Gasteiger partial charge in [-0.2, -0.15) is 13.2 Å². The second kappa shape index (κ2) is 7.67. The second-order valence-corrected chi connectivity index (χ2v) is 6.46. The first-order chi connectivity index (χ1) is 9.31. The van der Waals surface area contributed by atoms with Gasteiger partial charge >= 0.3 is 6.18 Å². The molecule has 20 heavy (non-hydrogen) atoms. The third-order valence-corrected chi connectivity index (χ3v) is 4.11. The smallest absolute Gasteiger partial charge is 0.355 e. The predicted molar refractivity (Wildman–Crippen MR) is 73.1 cm³/mol. The van der Waals surface area contributed by atoms with Crippen LogP contribution in [-0.2, 0) is 4.79 Å². The van der Waals surface area contributed by atoms with Crippen LogP contribution in [0.25, 0.3) is 0 Å². The Morgan fingerprint density at radius 1 is 1.45 bits per heavy atom. The van der Waals surface area contributed by atoms with Gasteiger partial charge in [0.25, 0.3) is 0 Å². The number of hydrogen-bond donors (Lipinski definition) is 2. The van der Waals surface area contributed by atoms with E-state index < -0.39 is 12.7 Å². The summed E-state index contributed by atoms with van der Waals surface area (Å²) in [5.74, 6) is -0.128. The highest BCUT2D eigenvalue weighted by atomic mass is 32.2. The number of thioether (sulfide) groups is 1. The number of alkyl halides is 3. The summed E-state index contributed by atoms with van der Waals surface area (Å²) in [5.41, 5.74) is 0. The van der Waals surface area contributed by atoms with Crippen molar-refractivity contribution in [2.45, 2.75) is 36.0 Å². The topological polar surface area (TPSA) is 66.9 Å². The van der Waals surface area contributed by atoms with Crippen LogP contribution in [-0.4, -0.2) is 40.6 Å². The summed E-state index contributed by atoms with van der Waals surface area (Å²) in [4.78, 5) is 11.6. The lowest BCUT2D eigenvalue weighted by atomic mass is 10.4. The van der Waals surface area contributed by atoms with Crippen molar-refractivity contribution in [2.75, 3.05) is 18.4 Å². The molecule has 0 aliphatic rings. The number of carbonyl (C=O) groups excluding carboxylic acids is 1. The fraction of sp³-hybridized carbons (Fsp3) is 0.700. The van der Waals surface area contributed by atoms with Crippen LogP contribution in [0.3, 0.4) is 0 Å². The molecule has 0 aromatic carbocycles. The van der Waals surface area contributed by atoms with Gasteiger partial charge in [0.15, 0.2) is 4.34 Å². The maximum absolute atomic E-state index is 12.0. The van der Waals surface area contributed by atoms with Crippen molar-refractivity contribution in [2.24, 2.45) is 0 Å². The standard InChI is InChI=1S/C10H15F3N4OS2/c1-3-4-14-7(18)6(2)19-9-17-16-8(20-9)15-5-10(11,12)13/h6H,3-5H2,1-2H3,(H,14,18)(H,15,16). The van der Waals surface area contributed by atoms with E-state index in [1.165, 1.54) is 11.8 Å². The maximum Gasteiger partial charge on any atom is 0.405 e. The average molecular weight is 328 g/mol. The van der Waals surface area contributed by atoms with Crippen LogP contribution in [0.4, 0.5) is 18.3 Å². The van der Waals surface area contributed by atoms with Gasteiger partial charge in [0.2, 0.25) is 11.0 Å². The molecule has 1 heterocycles. The molecule has 1 atom stereocenters. The van der Waals surface area contributed by atoms with E-state index in [1.807, 2.05) is 6.92 Å². The van der Waals surface area contributed by atoms with Crippen molar-refractivity contribution in [3.63, 3.8) is 0 Å². The Morgan fingerprint density at radius 2 is 2.15 bits per heavy atom. The molecule has 1 aromatic heterocycles. The summed E-state index contributed by atoms with van der Waals surface area (Å²) in [6.07, 6.45) is -3.46. The number of nitrogens with zero attached hydrogens (tertiary/aromatic N) is 2. The van der Waals surface area contributed by atoms with Crippen LogP contribution in [0.2, 0.25) is 0 Å². The summed E-state index contributed by atoms with van der Waals surface area (Å²) in [6, 6.07) is 0. The SMILES string of the molecule is CCCNC(=O)C(C)Sc1nnc(NCC(F)(F)F)s1. The molecule has 5 nitrogen and oxygen atoms in total. The summed E-state index contributed by atoms with van der Waals surface area (Å²) in [6.45, 7) is 3.10. The monoisotopic (exact) mass is 328 g/mol. The van der Waals surface area contributed by atoms with Crippen molar-refractivity contribution in [3.8, 4) is 0 Å². The van der Waals surface area contributed by atoms with E-state index in [0.717, 1.165) is 17.8 Å². The van der Waals surface area contributed by atoms with E-state index >= 15 is 0 Å². The van der Waals surface area contributed by atoms with Crippen LogP contribution < -0.4 is 10.6 Å². The Balaban J connectivity index is 2.45. The number of carbonyl (C=O) groups is 1. The first kappa shape index (κ1) is 17.0. The van der Waals surface area contributed by atoms with E-state index in [1.54, 1.807) is 6.92 Å². The van der Waals surface area contributed by atoms with Gasteiger partial charge in [0.05, 0.1) is 5.25 Å². The Labute approximate surface area is 122 Å². The van der Waals surface area contributed by atoms with Gasteiger partial charge in [0, 0.05) is 6.54 Å². The minimum atomic E-state index is -4.30. The summed E-state index contributed by atoms with van der Waals surface area (Å²) in [7, 11) is 0. The van der Waals surface area contributed by atoms with E-state index in [2.05, 4.69) is 20.8 Å². The highest BCUT2D eigenvalue weighted by Gasteiger charge is 2.27. The Hall–Kier alpha value is -1.03. The number of halogens is 3. The molecule has 2 N–H and O–H groups in total. The Morgan fingerprint density at radius 3 is 2.75 bits per heavy atom. The van der Waals surface area contributed by atoms with Gasteiger partial charge in [-0.1, -0.05) is 30.0 Å². The van der Waals surface area contributed by atoms with Crippen molar-refractivity contribution in [1.29, 1.82) is 0 Å². The maximum atomic E-state index is 12.0. The number of aromatic nitrogens is 2. The van der Waals surface area contributed by atoms with Gasteiger partial charge in [0.1, 0.15) is 6.54 Å². The fourth-order valence-corrected chi connectivity index (χ4v) is 3.02. The highest BCUT2D eigenvalue weighted by molar-refractivity contribution is 8.02. The summed E-state index contributed by atoms with van der Waals surface area (Å²) >= 11 is 2.16. The quantitative estimate of drug-likeness (QED) is 0.753. The molecule has 0 saturated carbocycles. The third kappa shape index (κ3) is 6.42. The average Bonchev–Trinajstić information content (AvgIpc) is 2.80. The molecule has 0 aliphatic carbocycles. The summed E-state index contributed by atoms with van der Waals surface area (Å²) in [5, 5.41) is 11.9. The number of anilines is 1. The Bertz CT molecular complexity index is 438. The molecule has 0 radical (unpaired) electrons. The molecule has 1 aromatic rings. The minimum Gasteiger partial charge on any atom is -0.355 e. The lowest BCUT2D eigenvalue weighted by Gasteiger charge is -2.08. The van der Waals surface area contributed by atoms with Crippen LogP contribution in [0.1, 0.15) is 20.3 Å². The van der Waals surface area contributed by atoms with Crippen LogP contribution in [0, 0.1) is 0 Å². The zero-order valence-corrected chi connectivity index (χ0v) is 12.6. The van der Waals surface area contributed by atoms with Crippen LogP contribution >= 0.6 is 23.1 Å². The molecule has 0 bridgehead atoms. The van der Waals surface area contributed by atoms with Crippen LogP contribution in [0.5, 0.6) is 0 Å². The number of rotatable bonds is 7. The van der Waals surface area contributed by atoms with Crippen molar-refractivity contribution >= 4 is 34.1 Å². The number of hydrogen-bond acceptors (Lipinski definition) is 6. The van der Waals surface area contributed by atoms with Crippen LogP contribution in [0.15, 0.2) is 4.34 Å². The van der Waals surface area contributed by atoms with Gasteiger partial charge in [-0.3, -0.25) is 4.79 Å². The molecule has 0 spiro atoms. The fourth-order valence-electron chi connectivity index (χ4n) is 1.10. The lowest BCUT2D eigenvalue weighted by molar-refractivity contribution is -0.120. The molecule has 114 valence electrons. The van der Waals surface area contributed by atoms with Crippen molar-refractivity contribution < 1.29 is 18.0 Å².